The molecule has 0 aromatic heterocycles. The number of ether oxygens (including phenoxy) is 3. The Morgan fingerprint density at radius 2 is 1.50 bits per heavy atom. The van der Waals surface area contributed by atoms with Gasteiger partial charge in [0.1, 0.15) is 18.2 Å². The van der Waals surface area contributed by atoms with E-state index in [0.717, 1.165) is 11.1 Å². The summed E-state index contributed by atoms with van der Waals surface area (Å²) in [6.07, 6.45) is -3.36. The molecule has 0 amide bonds. The lowest BCUT2D eigenvalue weighted by Gasteiger charge is -2.21. The molecule has 1 unspecified atom stereocenters. The largest absolute Gasteiger partial charge is 0.456 e. The Bertz CT molecular complexity index is 967. The van der Waals surface area contributed by atoms with Crippen LogP contribution in [0.15, 0.2) is 60.7 Å². The second-order valence-corrected chi connectivity index (χ2v) is 8.11. The number of rotatable bonds is 8. The number of Topliss-reactive ketones (excluding diaryl/α,β-unsaturated/α-hetero) is 2. The minimum absolute atomic E-state index is 0.00184. The third-order valence-electron chi connectivity index (χ3n) is 5.73. The molecule has 0 radical (unpaired) electrons. The van der Waals surface area contributed by atoms with Crippen LogP contribution in [0, 0.1) is 0 Å². The molecule has 2 aliphatic rings. The predicted octanol–water partition coefficient (Wildman–Crippen LogP) is 0.343. The fourth-order valence-electron chi connectivity index (χ4n) is 4.02. The Morgan fingerprint density at radius 1 is 0.938 bits per heavy atom. The summed E-state index contributed by atoms with van der Waals surface area (Å²) in [6.45, 7) is 0.00184. The monoisotopic (exact) mass is 438 g/mol. The van der Waals surface area contributed by atoms with E-state index in [1.54, 1.807) is 0 Å². The Labute approximate surface area is 185 Å². The van der Waals surface area contributed by atoms with Gasteiger partial charge in [-0.25, -0.2) is 0 Å². The lowest BCUT2D eigenvalue weighted by atomic mass is 9.97. The van der Waals surface area contributed by atoms with Gasteiger partial charge in [-0.3, -0.25) is 14.4 Å². The first-order chi connectivity index (χ1) is 15.4. The number of carbonyl (C=O) groups excluding carboxylic acids is 3. The molecule has 0 bridgehead atoms. The maximum absolute atomic E-state index is 12.8. The van der Waals surface area contributed by atoms with Gasteiger partial charge < -0.3 is 25.7 Å². The summed E-state index contributed by atoms with van der Waals surface area (Å²) in [7, 11) is 0. The fourth-order valence-corrected chi connectivity index (χ4v) is 4.02. The standard InChI is InChI=1S/C24H26N2O6/c25-16(11-14-7-3-1-4-8-14)19(27)22-20(28)23-21(32-22)18(13-30-23)31-24(29)17(26)12-15-9-5-2-6-10-15/h1-10,16-18,21-23H,11-13,25-26H2/t16-,17-,18+,21-,22?,23-/m0/s1. The zero-order chi connectivity index (χ0) is 22.7. The molecule has 2 saturated heterocycles. The van der Waals surface area contributed by atoms with Crippen LogP contribution >= 0.6 is 0 Å². The normalized spacial score (nSPS) is 26.4. The molecule has 168 valence electrons. The molecule has 6 atom stereocenters. The van der Waals surface area contributed by atoms with Crippen molar-refractivity contribution in [2.24, 2.45) is 11.5 Å². The average Bonchev–Trinajstić information content (AvgIpc) is 3.34. The van der Waals surface area contributed by atoms with Gasteiger partial charge >= 0.3 is 5.97 Å². The van der Waals surface area contributed by atoms with E-state index in [2.05, 4.69) is 0 Å². The van der Waals surface area contributed by atoms with E-state index in [0.29, 0.717) is 6.42 Å². The number of hydrogen-bond acceptors (Lipinski definition) is 8. The van der Waals surface area contributed by atoms with Crippen molar-refractivity contribution in [3.8, 4) is 0 Å². The number of nitrogens with two attached hydrogens (primary N) is 2. The van der Waals surface area contributed by atoms with Gasteiger partial charge in [0, 0.05) is 0 Å². The summed E-state index contributed by atoms with van der Waals surface area (Å²) in [5.74, 6) is -1.62. The third-order valence-corrected chi connectivity index (χ3v) is 5.73. The van der Waals surface area contributed by atoms with E-state index < -0.39 is 54.0 Å². The number of carbonyl (C=O) groups is 3. The van der Waals surface area contributed by atoms with Gasteiger partial charge in [-0.15, -0.1) is 0 Å². The molecule has 2 fully saturated rings. The van der Waals surface area contributed by atoms with Crippen molar-refractivity contribution >= 4 is 17.5 Å². The highest BCUT2D eigenvalue weighted by Gasteiger charge is 2.56. The fraction of sp³-hybridized carbons (Fsp3) is 0.375. The highest BCUT2D eigenvalue weighted by atomic mass is 16.6. The summed E-state index contributed by atoms with van der Waals surface area (Å²) in [6, 6.07) is 16.9. The number of ketones is 2. The first-order valence-electron chi connectivity index (χ1n) is 10.6. The molecule has 32 heavy (non-hydrogen) atoms. The van der Waals surface area contributed by atoms with Crippen LogP contribution in [-0.2, 0) is 41.4 Å². The van der Waals surface area contributed by atoms with Crippen LogP contribution in [0.1, 0.15) is 11.1 Å². The van der Waals surface area contributed by atoms with Crippen molar-refractivity contribution in [3.05, 3.63) is 71.8 Å². The van der Waals surface area contributed by atoms with E-state index in [-0.39, 0.29) is 13.0 Å². The van der Waals surface area contributed by atoms with Gasteiger partial charge in [0.25, 0.3) is 0 Å². The average molecular weight is 438 g/mol. The topological polar surface area (TPSA) is 131 Å². The van der Waals surface area contributed by atoms with Crippen LogP contribution in [0.25, 0.3) is 0 Å². The smallest absolute Gasteiger partial charge is 0.323 e. The summed E-state index contributed by atoms with van der Waals surface area (Å²) < 4.78 is 16.7. The van der Waals surface area contributed by atoms with Crippen LogP contribution < -0.4 is 11.5 Å². The van der Waals surface area contributed by atoms with Gasteiger partial charge in [-0.1, -0.05) is 60.7 Å². The van der Waals surface area contributed by atoms with Crippen molar-refractivity contribution in [3.63, 3.8) is 0 Å². The van der Waals surface area contributed by atoms with Gasteiger partial charge in [0.05, 0.1) is 12.6 Å². The molecule has 2 heterocycles. The summed E-state index contributed by atoms with van der Waals surface area (Å²) in [4.78, 5) is 37.9. The lowest BCUT2D eigenvalue weighted by Crippen LogP contribution is -2.44. The van der Waals surface area contributed by atoms with E-state index in [4.69, 9.17) is 25.7 Å². The molecule has 0 saturated carbocycles. The summed E-state index contributed by atoms with van der Waals surface area (Å²) >= 11 is 0. The second-order valence-electron chi connectivity index (χ2n) is 8.11. The molecule has 8 heteroatoms. The molecule has 4 rings (SSSR count). The maximum Gasteiger partial charge on any atom is 0.323 e. The maximum atomic E-state index is 12.8. The van der Waals surface area contributed by atoms with E-state index >= 15 is 0 Å². The van der Waals surface area contributed by atoms with Crippen LogP contribution in [-0.4, -0.2) is 60.6 Å². The molecule has 0 spiro atoms. The van der Waals surface area contributed by atoms with Crippen molar-refractivity contribution in [1.29, 1.82) is 0 Å². The van der Waals surface area contributed by atoms with E-state index in [1.807, 2.05) is 60.7 Å². The van der Waals surface area contributed by atoms with Crippen molar-refractivity contribution in [2.75, 3.05) is 6.61 Å². The van der Waals surface area contributed by atoms with Crippen molar-refractivity contribution in [2.45, 2.75) is 49.3 Å². The molecule has 4 N–H and O–H groups in total. The summed E-state index contributed by atoms with van der Waals surface area (Å²) in [5, 5.41) is 0. The predicted molar refractivity (Wildman–Crippen MR) is 115 cm³/mol. The first kappa shape index (κ1) is 22.3. The van der Waals surface area contributed by atoms with Crippen LogP contribution in [0.2, 0.25) is 0 Å². The Balaban J connectivity index is 1.35. The van der Waals surface area contributed by atoms with Crippen molar-refractivity contribution < 1.29 is 28.6 Å². The minimum Gasteiger partial charge on any atom is -0.456 e. The van der Waals surface area contributed by atoms with Crippen LogP contribution in [0.3, 0.4) is 0 Å². The Morgan fingerprint density at radius 3 is 2.09 bits per heavy atom. The third kappa shape index (κ3) is 4.78. The van der Waals surface area contributed by atoms with Crippen LogP contribution in [0.4, 0.5) is 0 Å². The number of hydrogen-bond donors (Lipinski definition) is 2. The Kier molecular flexibility index (Phi) is 6.76. The molecule has 0 aliphatic carbocycles. The molecular weight excluding hydrogens is 412 g/mol. The second kappa shape index (κ2) is 9.70. The number of benzene rings is 2. The molecular formula is C24H26N2O6. The molecule has 8 nitrogen and oxygen atoms in total. The van der Waals surface area contributed by atoms with Gasteiger partial charge in [-0.2, -0.15) is 0 Å². The SMILES string of the molecule is N[C@@H](Cc1ccccc1)C(=O)O[C@@H]1CO[C@H]2C(=O)C(C(=O)[C@@H](N)Cc3ccccc3)O[C@@H]12. The van der Waals surface area contributed by atoms with Gasteiger partial charge in [-0.05, 0) is 24.0 Å². The number of fused-ring (bicyclic) bond motifs is 1. The van der Waals surface area contributed by atoms with Crippen LogP contribution in [0.5, 0.6) is 0 Å². The molecule has 2 aliphatic heterocycles. The quantitative estimate of drug-likeness (QED) is 0.446. The molecule has 2 aromatic carbocycles. The zero-order valence-electron chi connectivity index (χ0n) is 17.5. The Hall–Kier alpha value is -2.91. The van der Waals surface area contributed by atoms with Gasteiger partial charge in [0.2, 0.25) is 5.78 Å². The highest BCUT2D eigenvalue weighted by Crippen LogP contribution is 2.31. The minimum atomic E-state index is -1.33. The summed E-state index contributed by atoms with van der Waals surface area (Å²) in [5.41, 5.74) is 13.8. The highest BCUT2D eigenvalue weighted by molar-refractivity contribution is 6.10. The van der Waals surface area contributed by atoms with E-state index in [9.17, 15) is 14.4 Å². The van der Waals surface area contributed by atoms with Crippen molar-refractivity contribution in [1.82, 2.24) is 0 Å². The molecule has 2 aromatic rings. The lowest BCUT2D eigenvalue weighted by molar-refractivity contribution is -0.158. The van der Waals surface area contributed by atoms with Gasteiger partial charge in [0.15, 0.2) is 18.0 Å². The first-order valence-corrected chi connectivity index (χ1v) is 10.6. The number of esters is 1. The van der Waals surface area contributed by atoms with E-state index in [1.165, 1.54) is 0 Å². The zero-order valence-corrected chi connectivity index (χ0v) is 17.5.